The van der Waals surface area contributed by atoms with E-state index in [0.717, 1.165) is 52.0 Å². The average Bonchev–Trinajstić information content (AvgIpc) is 3.70. The molecule has 1 aromatic heterocycles. The van der Waals surface area contributed by atoms with Crippen molar-refractivity contribution in [2.45, 2.75) is 90.2 Å². The van der Waals surface area contributed by atoms with Gasteiger partial charge in [0.05, 0.1) is 11.0 Å². The van der Waals surface area contributed by atoms with Gasteiger partial charge in [0.25, 0.3) is 0 Å². The third-order valence-electron chi connectivity index (χ3n) is 8.28. The molecule has 9 nitrogen and oxygen atoms in total. The van der Waals surface area contributed by atoms with Crippen LogP contribution < -0.4 is 10.6 Å². The van der Waals surface area contributed by atoms with Gasteiger partial charge in [0.2, 0.25) is 5.91 Å². The molecular weight excluding hydrogens is 532 g/mol. The number of fused-ring (bicyclic) bond motifs is 1. The Balaban J connectivity index is 1.14. The largest absolute Gasteiger partial charge is 0.480 e. The maximum Gasteiger partial charge on any atom is 0.407 e. The van der Waals surface area contributed by atoms with Crippen LogP contribution in [-0.4, -0.2) is 51.2 Å². The molecule has 0 aliphatic heterocycles. The highest BCUT2D eigenvalue weighted by Crippen LogP contribution is 2.39. The molecule has 0 saturated heterocycles. The predicted octanol–water partition coefficient (Wildman–Crippen LogP) is 5.86. The van der Waals surface area contributed by atoms with E-state index >= 15 is 0 Å². The number of aromatic nitrogens is 2. The van der Waals surface area contributed by atoms with Gasteiger partial charge < -0.3 is 25.5 Å². The van der Waals surface area contributed by atoms with Crippen molar-refractivity contribution in [2.24, 2.45) is 11.8 Å². The number of amides is 2. The third kappa shape index (κ3) is 7.49. The van der Waals surface area contributed by atoms with Gasteiger partial charge in [-0.1, -0.05) is 24.3 Å². The molecule has 5 rings (SSSR count). The van der Waals surface area contributed by atoms with Crippen molar-refractivity contribution in [1.82, 2.24) is 20.6 Å². The van der Waals surface area contributed by atoms with Crippen molar-refractivity contribution in [3.63, 3.8) is 0 Å². The van der Waals surface area contributed by atoms with E-state index in [1.54, 1.807) is 0 Å². The van der Waals surface area contributed by atoms with Crippen LogP contribution in [0.25, 0.3) is 22.2 Å². The molecule has 0 spiro atoms. The zero-order chi connectivity index (χ0) is 30.0. The number of alkyl carbamates (subject to hydrolysis) is 1. The van der Waals surface area contributed by atoms with Gasteiger partial charge in [0.1, 0.15) is 17.5 Å². The first kappa shape index (κ1) is 29.6. The fourth-order valence-electron chi connectivity index (χ4n) is 5.76. The molecule has 224 valence electrons. The van der Waals surface area contributed by atoms with E-state index in [9.17, 15) is 19.5 Å². The lowest BCUT2D eigenvalue weighted by molar-refractivity contribution is -0.142. The highest BCUT2D eigenvalue weighted by atomic mass is 16.6. The molecule has 0 unspecified atom stereocenters. The number of aryl methyl sites for hydroxylation is 1. The zero-order valence-electron chi connectivity index (χ0n) is 25.0. The number of benzene rings is 2. The minimum atomic E-state index is -1.05. The number of aromatic amines is 1. The smallest absolute Gasteiger partial charge is 0.407 e. The maximum atomic E-state index is 13.0. The van der Waals surface area contributed by atoms with Gasteiger partial charge in [0, 0.05) is 24.8 Å². The summed E-state index contributed by atoms with van der Waals surface area (Å²) in [6.07, 6.45) is 5.07. The van der Waals surface area contributed by atoms with E-state index in [0.29, 0.717) is 25.3 Å². The van der Waals surface area contributed by atoms with E-state index < -0.39 is 23.7 Å². The first-order valence-electron chi connectivity index (χ1n) is 15.0. The Labute approximate surface area is 246 Å². The van der Waals surface area contributed by atoms with Gasteiger partial charge in [-0.25, -0.2) is 14.6 Å². The van der Waals surface area contributed by atoms with Crippen LogP contribution in [0.3, 0.4) is 0 Å². The fraction of sp³-hybridized carbons (Fsp3) is 0.515. The lowest BCUT2D eigenvalue weighted by atomic mass is 9.81. The number of ether oxygens (including phenoxy) is 1. The Hall–Kier alpha value is -3.88. The lowest BCUT2D eigenvalue weighted by Gasteiger charge is -2.29. The van der Waals surface area contributed by atoms with Crippen molar-refractivity contribution >= 4 is 29.0 Å². The Kier molecular flexibility index (Phi) is 8.57. The van der Waals surface area contributed by atoms with Crippen LogP contribution in [0.2, 0.25) is 0 Å². The Bertz CT molecular complexity index is 1440. The monoisotopic (exact) mass is 574 g/mol. The summed E-state index contributed by atoms with van der Waals surface area (Å²) in [5, 5.41) is 15.5. The van der Waals surface area contributed by atoms with Crippen LogP contribution in [-0.2, 0) is 20.7 Å². The second-order valence-electron chi connectivity index (χ2n) is 13.0. The van der Waals surface area contributed by atoms with Crippen molar-refractivity contribution in [3.05, 3.63) is 53.3 Å². The summed E-state index contributed by atoms with van der Waals surface area (Å²) in [7, 11) is 0. The second-order valence-corrected chi connectivity index (χ2v) is 13.0. The Morgan fingerprint density at radius 1 is 1.05 bits per heavy atom. The number of nitrogens with one attached hydrogen (secondary N) is 3. The number of carbonyl (C=O) groups excluding carboxylic acids is 2. The number of aliphatic carboxylic acids is 1. The van der Waals surface area contributed by atoms with E-state index in [-0.39, 0.29) is 24.2 Å². The van der Waals surface area contributed by atoms with Crippen LogP contribution in [0.1, 0.15) is 82.2 Å². The summed E-state index contributed by atoms with van der Waals surface area (Å²) < 4.78 is 5.29. The van der Waals surface area contributed by atoms with Crippen LogP contribution in [0, 0.1) is 18.8 Å². The summed E-state index contributed by atoms with van der Waals surface area (Å²) in [6, 6.07) is 11.1. The fourth-order valence-corrected chi connectivity index (χ4v) is 5.76. The summed E-state index contributed by atoms with van der Waals surface area (Å²) in [4.78, 5) is 45.2. The summed E-state index contributed by atoms with van der Waals surface area (Å²) in [6.45, 7) is 8.06. The Morgan fingerprint density at radius 2 is 1.74 bits per heavy atom. The van der Waals surface area contributed by atoms with E-state index in [4.69, 9.17) is 9.72 Å². The molecule has 0 radical (unpaired) electrons. The molecule has 2 aliphatic carbocycles. The van der Waals surface area contributed by atoms with E-state index in [1.165, 1.54) is 12.8 Å². The van der Waals surface area contributed by atoms with E-state index in [2.05, 4.69) is 34.7 Å². The molecule has 1 heterocycles. The van der Waals surface area contributed by atoms with E-state index in [1.807, 2.05) is 45.0 Å². The molecule has 3 aromatic rings. The zero-order valence-corrected chi connectivity index (χ0v) is 25.0. The standard InChI is InChI=1S/C33H42N4O5/c1-19-15-26-27(36-29(35-26)23-13-14-23)17-25(19)22-9-5-20(6-10-22)16-28(31(39)40)37-30(38)24-11-7-21(8-12-24)18-34-32(41)42-33(2,3)4/h5-6,9-10,15,17,21,23-24,28H,7-8,11-14,16,18H2,1-4H3,(H,34,41)(H,35,36)(H,37,38)(H,39,40)/t21?,24?,28-/m0/s1. The molecule has 2 aromatic carbocycles. The summed E-state index contributed by atoms with van der Waals surface area (Å²) >= 11 is 0. The third-order valence-corrected chi connectivity index (χ3v) is 8.28. The quantitative estimate of drug-likeness (QED) is 0.253. The van der Waals surface area contributed by atoms with Crippen LogP contribution >= 0.6 is 0 Å². The second kappa shape index (κ2) is 12.2. The number of hydrogen-bond donors (Lipinski definition) is 4. The number of H-pyrrole nitrogens is 1. The lowest BCUT2D eigenvalue weighted by Crippen LogP contribution is -2.46. The van der Waals surface area contributed by atoms with Gasteiger partial charge in [-0.15, -0.1) is 0 Å². The highest BCUT2D eigenvalue weighted by molar-refractivity contribution is 5.86. The summed E-state index contributed by atoms with van der Waals surface area (Å²) in [5.74, 6) is 0.411. The molecule has 0 bridgehead atoms. The molecule has 4 N–H and O–H groups in total. The SMILES string of the molecule is Cc1cc2[nH]c(C3CC3)nc2cc1-c1ccc(C[C@H](NC(=O)C2CCC(CNC(=O)OC(C)(C)C)CC2)C(=O)O)cc1. The topological polar surface area (TPSA) is 133 Å². The maximum absolute atomic E-state index is 13.0. The van der Waals surface area contributed by atoms with Gasteiger partial charge in [0.15, 0.2) is 0 Å². The van der Waals surface area contributed by atoms with Crippen LogP contribution in [0.5, 0.6) is 0 Å². The molecule has 42 heavy (non-hydrogen) atoms. The molecular formula is C33H42N4O5. The minimum absolute atomic E-state index is 0.207. The van der Waals surface area contributed by atoms with Crippen molar-refractivity contribution in [1.29, 1.82) is 0 Å². The van der Waals surface area contributed by atoms with Gasteiger partial charge in [-0.2, -0.15) is 0 Å². The average molecular weight is 575 g/mol. The first-order chi connectivity index (χ1) is 19.9. The number of hydrogen-bond acceptors (Lipinski definition) is 5. The molecule has 1 atom stereocenters. The Morgan fingerprint density at radius 3 is 2.36 bits per heavy atom. The first-order valence-corrected chi connectivity index (χ1v) is 15.0. The van der Waals surface area contributed by atoms with Gasteiger partial charge in [-0.3, -0.25) is 4.79 Å². The molecule has 2 aliphatic rings. The van der Waals surface area contributed by atoms with Crippen molar-refractivity contribution in [3.8, 4) is 11.1 Å². The molecule has 2 fully saturated rings. The number of rotatable bonds is 9. The highest BCUT2D eigenvalue weighted by Gasteiger charge is 2.30. The van der Waals surface area contributed by atoms with Crippen LogP contribution in [0.4, 0.5) is 4.79 Å². The van der Waals surface area contributed by atoms with Crippen molar-refractivity contribution in [2.75, 3.05) is 6.54 Å². The van der Waals surface area contributed by atoms with Gasteiger partial charge in [-0.05, 0) is 107 Å². The molecule has 2 saturated carbocycles. The number of carboxylic acids is 1. The number of carbonyl (C=O) groups is 3. The number of carboxylic acid groups (broad SMARTS) is 1. The van der Waals surface area contributed by atoms with Crippen molar-refractivity contribution < 1.29 is 24.2 Å². The molecule has 2 amide bonds. The molecule has 9 heteroatoms. The minimum Gasteiger partial charge on any atom is -0.480 e. The van der Waals surface area contributed by atoms with Gasteiger partial charge >= 0.3 is 12.1 Å². The van der Waals surface area contributed by atoms with Crippen LogP contribution in [0.15, 0.2) is 36.4 Å². The summed E-state index contributed by atoms with van der Waals surface area (Å²) in [5.41, 5.74) is 5.61. The number of imidazole rings is 1. The number of nitrogens with zero attached hydrogens (tertiary/aromatic N) is 1. The predicted molar refractivity (Wildman–Crippen MR) is 161 cm³/mol. The normalized spacial score (nSPS) is 19.7.